The van der Waals surface area contributed by atoms with Crippen LogP contribution in [0.4, 0.5) is 0 Å². The van der Waals surface area contributed by atoms with Crippen molar-refractivity contribution in [2.24, 2.45) is 11.8 Å². The molecular formula is C20H29NO4. The van der Waals surface area contributed by atoms with Gasteiger partial charge in [0.1, 0.15) is 5.75 Å². The van der Waals surface area contributed by atoms with Crippen LogP contribution in [-0.4, -0.2) is 30.6 Å². The lowest BCUT2D eigenvalue weighted by atomic mass is 9.78. The van der Waals surface area contributed by atoms with Gasteiger partial charge in [-0.05, 0) is 56.4 Å². The molecule has 1 aliphatic rings. The van der Waals surface area contributed by atoms with Crippen molar-refractivity contribution >= 4 is 11.9 Å². The quantitative estimate of drug-likeness (QED) is 0.799. The molecule has 25 heavy (non-hydrogen) atoms. The van der Waals surface area contributed by atoms with Crippen molar-refractivity contribution < 1.29 is 19.1 Å². The Kier molecular flexibility index (Phi) is 6.85. The van der Waals surface area contributed by atoms with Crippen molar-refractivity contribution in [2.45, 2.75) is 59.1 Å². The first kappa shape index (κ1) is 19.3. The van der Waals surface area contributed by atoms with E-state index in [4.69, 9.17) is 9.47 Å². The Morgan fingerprint density at radius 3 is 2.52 bits per heavy atom. The van der Waals surface area contributed by atoms with Crippen molar-refractivity contribution in [3.63, 3.8) is 0 Å². The standard InChI is InChI=1S/C20H29NO4/c1-5-24-20(23)16-9-11-17(12-10-16)25-15(4)19(22)21-18-8-6-7-13(2)14(18)3/h9-15,18H,5-8H2,1-4H3,(H,21,22)/t13-,14+,15+,18+/m0/s1. The largest absolute Gasteiger partial charge is 0.481 e. The lowest BCUT2D eigenvalue weighted by Gasteiger charge is -2.35. The van der Waals surface area contributed by atoms with Crippen LogP contribution in [0.3, 0.4) is 0 Å². The number of hydrogen-bond acceptors (Lipinski definition) is 4. The number of carbonyl (C=O) groups excluding carboxylic acids is 2. The highest BCUT2D eigenvalue weighted by molar-refractivity contribution is 5.89. The number of hydrogen-bond donors (Lipinski definition) is 1. The van der Waals surface area contributed by atoms with E-state index in [0.717, 1.165) is 12.8 Å². The molecule has 0 bridgehead atoms. The van der Waals surface area contributed by atoms with Crippen LogP contribution >= 0.6 is 0 Å². The number of nitrogens with one attached hydrogen (secondary N) is 1. The number of ether oxygens (including phenoxy) is 2. The number of carbonyl (C=O) groups is 2. The van der Waals surface area contributed by atoms with Gasteiger partial charge in [0.25, 0.3) is 5.91 Å². The first-order valence-electron chi connectivity index (χ1n) is 9.16. The molecular weight excluding hydrogens is 318 g/mol. The summed E-state index contributed by atoms with van der Waals surface area (Å²) < 4.78 is 10.7. The molecule has 1 amide bonds. The van der Waals surface area contributed by atoms with Crippen molar-refractivity contribution in [1.29, 1.82) is 0 Å². The van der Waals surface area contributed by atoms with E-state index in [1.807, 2.05) is 0 Å². The zero-order valence-corrected chi connectivity index (χ0v) is 15.6. The summed E-state index contributed by atoms with van der Waals surface area (Å²) in [5.74, 6) is 1.21. The number of esters is 1. The number of benzene rings is 1. The van der Waals surface area contributed by atoms with Crippen LogP contribution in [0, 0.1) is 11.8 Å². The second-order valence-corrected chi connectivity index (χ2v) is 6.89. The van der Waals surface area contributed by atoms with E-state index in [1.165, 1.54) is 6.42 Å². The molecule has 0 radical (unpaired) electrons. The molecule has 0 unspecified atom stereocenters. The third-order valence-electron chi connectivity index (χ3n) is 5.08. The third-order valence-corrected chi connectivity index (χ3v) is 5.08. The Labute approximate surface area is 150 Å². The molecule has 0 aromatic heterocycles. The fourth-order valence-corrected chi connectivity index (χ4v) is 3.23. The molecule has 1 aromatic carbocycles. The highest BCUT2D eigenvalue weighted by Crippen LogP contribution is 2.29. The summed E-state index contributed by atoms with van der Waals surface area (Å²) in [6, 6.07) is 6.86. The van der Waals surface area contributed by atoms with E-state index in [9.17, 15) is 9.59 Å². The van der Waals surface area contributed by atoms with Crippen molar-refractivity contribution in [2.75, 3.05) is 6.61 Å². The lowest BCUT2D eigenvalue weighted by molar-refractivity contribution is -0.128. The average Bonchev–Trinajstić information content (AvgIpc) is 2.59. The molecule has 0 aliphatic heterocycles. The fraction of sp³-hybridized carbons (Fsp3) is 0.600. The lowest BCUT2D eigenvalue weighted by Crippen LogP contribution is -2.48. The average molecular weight is 347 g/mol. The first-order chi connectivity index (χ1) is 11.9. The molecule has 0 spiro atoms. The smallest absolute Gasteiger partial charge is 0.338 e. The van der Waals surface area contributed by atoms with Crippen LogP contribution in [0.1, 0.15) is 57.3 Å². The van der Waals surface area contributed by atoms with Gasteiger partial charge in [-0.25, -0.2) is 4.79 Å². The molecule has 5 nitrogen and oxygen atoms in total. The van der Waals surface area contributed by atoms with Crippen LogP contribution in [-0.2, 0) is 9.53 Å². The molecule has 138 valence electrons. The zero-order chi connectivity index (χ0) is 18.4. The van der Waals surface area contributed by atoms with Crippen LogP contribution < -0.4 is 10.1 Å². The molecule has 1 aromatic rings. The minimum atomic E-state index is -0.585. The number of amides is 1. The Hall–Kier alpha value is -2.04. The van der Waals surface area contributed by atoms with Crippen LogP contribution in [0.2, 0.25) is 0 Å². The predicted molar refractivity (Wildman–Crippen MR) is 96.6 cm³/mol. The monoisotopic (exact) mass is 347 g/mol. The van der Waals surface area contributed by atoms with Gasteiger partial charge >= 0.3 is 5.97 Å². The van der Waals surface area contributed by atoms with E-state index in [1.54, 1.807) is 38.1 Å². The maximum Gasteiger partial charge on any atom is 0.338 e. The normalized spacial score (nSPS) is 24.2. The second-order valence-electron chi connectivity index (χ2n) is 6.89. The van der Waals surface area contributed by atoms with Crippen LogP contribution in [0.15, 0.2) is 24.3 Å². The highest BCUT2D eigenvalue weighted by atomic mass is 16.5. The summed E-state index contributed by atoms with van der Waals surface area (Å²) in [5.41, 5.74) is 0.469. The van der Waals surface area contributed by atoms with Gasteiger partial charge in [-0.2, -0.15) is 0 Å². The molecule has 0 heterocycles. The summed E-state index contributed by atoms with van der Waals surface area (Å²) in [4.78, 5) is 24.1. The summed E-state index contributed by atoms with van der Waals surface area (Å²) in [6.07, 6.45) is 2.82. The summed E-state index contributed by atoms with van der Waals surface area (Å²) in [6.45, 7) is 8.30. The van der Waals surface area contributed by atoms with E-state index >= 15 is 0 Å². The van der Waals surface area contributed by atoms with Gasteiger partial charge in [-0.1, -0.05) is 26.7 Å². The van der Waals surface area contributed by atoms with Gasteiger partial charge in [0.05, 0.1) is 12.2 Å². The van der Waals surface area contributed by atoms with Gasteiger partial charge in [-0.15, -0.1) is 0 Å². The predicted octanol–water partition coefficient (Wildman–Crippen LogP) is 3.57. The van der Waals surface area contributed by atoms with Crippen molar-refractivity contribution in [3.8, 4) is 5.75 Å². The second kappa shape index (κ2) is 8.88. The summed E-state index contributed by atoms with van der Waals surface area (Å²) >= 11 is 0. The van der Waals surface area contributed by atoms with Crippen molar-refractivity contribution in [3.05, 3.63) is 29.8 Å². The Balaban J connectivity index is 1.89. The summed E-state index contributed by atoms with van der Waals surface area (Å²) in [5, 5.41) is 3.13. The molecule has 4 atom stereocenters. The topological polar surface area (TPSA) is 64.6 Å². The van der Waals surface area contributed by atoms with Crippen molar-refractivity contribution in [1.82, 2.24) is 5.32 Å². The molecule has 0 saturated heterocycles. The minimum Gasteiger partial charge on any atom is -0.481 e. The van der Waals surface area contributed by atoms with Gasteiger partial charge < -0.3 is 14.8 Å². The molecule has 2 rings (SSSR count). The minimum absolute atomic E-state index is 0.0968. The maximum atomic E-state index is 12.4. The molecule has 1 aliphatic carbocycles. The maximum absolute atomic E-state index is 12.4. The fourth-order valence-electron chi connectivity index (χ4n) is 3.23. The van der Waals surface area contributed by atoms with Gasteiger partial charge in [0, 0.05) is 6.04 Å². The molecule has 1 N–H and O–H groups in total. The Morgan fingerprint density at radius 2 is 1.88 bits per heavy atom. The van der Waals surface area contributed by atoms with E-state index in [0.29, 0.717) is 29.8 Å². The first-order valence-corrected chi connectivity index (χ1v) is 9.16. The molecule has 5 heteroatoms. The SMILES string of the molecule is CCOC(=O)c1ccc(O[C@H](C)C(=O)N[C@@H]2CCC[C@H](C)[C@H]2C)cc1. The Morgan fingerprint density at radius 1 is 1.20 bits per heavy atom. The highest BCUT2D eigenvalue weighted by Gasteiger charge is 2.29. The molecule has 1 fully saturated rings. The number of rotatable bonds is 6. The van der Waals surface area contributed by atoms with E-state index < -0.39 is 6.10 Å². The van der Waals surface area contributed by atoms with Gasteiger partial charge in [-0.3, -0.25) is 4.79 Å². The van der Waals surface area contributed by atoms with Gasteiger partial charge in [0.15, 0.2) is 6.10 Å². The third kappa shape index (κ3) is 5.21. The Bertz CT molecular complexity index is 584. The van der Waals surface area contributed by atoms with Crippen LogP contribution in [0.5, 0.6) is 5.75 Å². The van der Waals surface area contributed by atoms with Crippen LogP contribution in [0.25, 0.3) is 0 Å². The van der Waals surface area contributed by atoms with E-state index in [-0.39, 0.29) is 17.9 Å². The van der Waals surface area contributed by atoms with Gasteiger partial charge in [0.2, 0.25) is 0 Å². The molecule has 1 saturated carbocycles. The summed E-state index contributed by atoms with van der Waals surface area (Å²) in [7, 11) is 0. The van der Waals surface area contributed by atoms with E-state index in [2.05, 4.69) is 19.2 Å². The zero-order valence-electron chi connectivity index (χ0n) is 15.6.